The monoisotopic (exact) mass is 469 g/mol. The summed E-state index contributed by atoms with van der Waals surface area (Å²) in [6, 6.07) is 9.68. The Hall–Kier alpha value is -2.64. The van der Waals surface area contributed by atoms with E-state index in [4.69, 9.17) is 14.5 Å². The molecule has 0 radical (unpaired) electrons. The van der Waals surface area contributed by atoms with E-state index in [0.29, 0.717) is 36.8 Å². The first-order chi connectivity index (χ1) is 15.9. The van der Waals surface area contributed by atoms with E-state index in [1.54, 1.807) is 17.4 Å². The summed E-state index contributed by atoms with van der Waals surface area (Å²) in [5, 5.41) is 0.725. The maximum Gasteiger partial charge on any atom is 0.260 e. The molecule has 7 heteroatoms. The molecule has 3 aromatic rings. The van der Waals surface area contributed by atoms with Crippen LogP contribution in [0.4, 0.5) is 5.13 Å². The minimum absolute atomic E-state index is 0.0837. The SMILES string of the molecule is CCOc1ccc(C(=O)N(CCN(CC)CC)c2nc3c(C)cc(C)cc3s2)cc1OCC. The zero-order valence-electron chi connectivity index (χ0n) is 20.6. The van der Waals surface area contributed by atoms with Gasteiger partial charge in [0.05, 0.1) is 23.4 Å². The summed E-state index contributed by atoms with van der Waals surface area (Å²) in [5.41, 5.74) is 3.85. The van der Waals surface area contributed by atoms with Gasteiger partial charge in [0.2, 0.25) is 0 Å². The van der Waals surface area contributed by atoms with Crippen LogP contribution in [-0.4, -0.2) is 55.2 Å². The zero-order valence-corrected chi connectivity index (χ0v) is 21.4. The van der Waals surface area contributed by atoms with Crippen LogP contribution in [0, 0.1) is 13.8 Å². The highest BCUT2D eigenvalue weighted by Crippen LogP contribution is 2.34. The molecule has 33 heavy (non-hydrogen) atoms. The van der Waals surface area contributed by atoms with Crippen molar-refractivity contribution in [2.45, 2.75) is 41.5 Å². The largest absolute Gasteiger partial charge is 0.490 e. The number of ether oxygens (including phenoxy) is 2. The third-order valence-electron chi connectivity index (χ3n) is 5.62. The average molecular weight is 470 g/mol. The van der Waals surface area contributed by atoms with Crippen LogP contribution in [-0.2, 0) is 0 Å². The summed E-state index contributed by atoms with van der Waals surface area (Å²) < 4.78 is 12.5. The van der Waals surface area contributed by atoms with Gasteiger partial charge in [-0.2, -0.15) is 0 Å². The summed E-state index contributed by atoms with van der Waals surface area (Å²) in [6.45, 7) is 16.5. The van der Waals surface area contributed by atoms with Crippen LogP contribution >= 0.6 is 11.3 Å². The molecule has 6 nitrogen and oxygen atoms in total. The number of rotatable bonds is 11. The van der Waals surface area contributed by atoms with Gasteiger partial charge in [-0.25, -0.2) is 4.98 Å². The van der Waals surface area contributed by atoms with E-state index in [2.05, 4.69) is 44.7 Å². The molecule has 178 valence electrons. The van der Waals surface area contributed by atoms with E-state index in [9.17, 15) is 4.79 Å². The fraction of sp³-hybridized carbons (Fsp3) is 0.462. The number of likely N-dealkylation sites (N-methyl/N-ethyl adjacent to an activating group) is 1. The standard InChI is InChI=1S/C26H35N3O3S/c1-7-28(8-2)13-14-29(26-27-24-19(6)15-18(5)16-23(24)33-26)25(30)20-11-12-21(31-9-3)22(17-20)32-10-4/h11-12,15-17H,7-10,13-14H2,1-6H3. The number of hydrogen-bond acceptors (Lipinski definition) is 6. The lowest BCUT2D eigenvalue weighted by Crippen LogP contribution is -2.38. The lowest BCUT2D eigenvalue weighted by Gasteiger charge is -2.25. The van der Waals surface area contributed by atoms with Crippen molar-refractivity contribution in [1.82, 2.24) is 9.88 Å². The number of benzene rings is 2. The van der Waals surface area contributed by atoms with Crippen molar-refractivity contribution >= 4 is 32.6 Å². The topological polar surface area (TPSA) is 54.9 Å². The van der Waals surface area contributed by atoms with Crippen LogP contribution in [0.25, 0.3) is 10.2 Å². The first-order valence-electron chi connectivity index (χ1n) is 11.7. The molecule has 0 saturated heterocycles. The van der Waals surface area contributed by atoms with Crippen LogP contribution in [0.5, 0.6) is 11.5 Å². The minimum atomic E-state index is -0.0837. The van der Waals surface area contributed by atoms with E-state index in [0.717, 1.165) is 40.5 Å². The lowest BCUT2D eigenvalue weighted by molar-refractivity contribution is 0.0983. The van der Waals surface area contributed by atoms with Crippen LogP contribution in [0.15, 0.2) is 30.3 Å². The maximum absolute atomic E-state index is 13.8. The van der Waals surface area contributed by atoms with Gasteiger partial charge in [0.15, 0.2) is 16.6 Å². The van der Waals surface area contributed by atoms with Crippen LogP contribution < -0.4 is 14.4 Å². The predicted octanol–water partition coefficient (Wildman–Crippen LogP) is 5.70. The lowest BCUT2D eigenvalue weighted by atomic mass is 10.1. The van der Waals surface area contributed by atoms with Crippen molar-refractivity contribution in [3.8, 4) is 11.5 Å². The highest BCUT2D eigenvalue weighted by molar-refractivity contribution is 7.22. The van der Waals surface area contributed by atoms with Gasteiger partial charge < -0.3 is 14.4 Å². The molecule has 0 aliphatic carbocycles. The molecule has 0 aliphatic heterocycles. The molecule has 0 N–H and O–H groups in total. The Balaban J connectivity index is 2.01. The number of nitrogens with zero attached hydrogens (tertiary/aromatic N) is 3. The summed E-state index contributed by atoms with van der Waals surface area (Å²) >= 11 is 1.57. The van der Waals surface area contributed by atoms with Gasteiger partial charge in [0, 0.05) is 18.7 Å². The zero-order chi connectivity index (χ0) is 24.0. The van der Waals surface area contributed by atoms with E-state index in [1.807, 2.05) is 30.9 Å². The molecule has 1 heterocycles. The Morgan fingerprint density at radius 3 is 2.30 bits per heavy atom. The summed E-state index contributed by atoms with van der Waals surface area (Å²) in [5.74, 6) is 1.15. The average Bonchev–Trinajstić information content (AvgIpc) is 3.22. The van der Waals surface area contributed by atoms with Crippen molar-refractivity contribution in [2.24, 2.45) is 0 Å². The molecular formula is C26H35N3O3S. The smallest absolute Gasteiger partial charge is 0.260 e. The van der Waals surface area contributed by atoms with E-state index >= 15 is 0 Å². The minimum Gasteiger partial charge on any atom is -0.490 e. The molecule has 1 amide bonds. The highest BCUT2D eigenvalue weighted by atomic mass is 32.1. The number of aryl methyl sites for hydroxylation is 2. The number of amides is 1. The van der Waals surface area contributed by atoms with Crippen molar-refractivity contribution in [3.63, 3.8) is 0 Å². The second kappa shape index (κ2) is 11.5. The quantitative estimate of drug-likeness (QED) is 0.361. The molecule has 0 saturated carbocycles. The Morgan fingerprint density at radius 2 is 1.64 bits per heavy atom. The number of thiazole rings is 1. The highest BCUT2D eigenvalue weighted by Gasteiger charge is 2.23. The number of anilines is 1. The molecule has 3 rings (SSSR count). The Kier molecular flexibility index (Phi) is 8.69. The van der Waals surface area contributed by atoms with E-state index in [-0.39, 0.29) is 5.91 Å². The van der Waals surface area contributed by atoms with Gasteiger partial charge in [0.25, 0.3) is 5.91 Å². The Bertz CT molecular complexity index is 1090. The number of hydrogen-bond donors (Lipinski definition) is 0. The van der Waals surface area contributed by atoms with E-state index in [1.165, 1.54) is 5.56 Å². The maximum atomic E-state index is 13.8. The first-order valence-corrected chi connectivity index (χ1v) is 12.5. The number of carbonyl (C=O) groups excluding carboxylic acids is 1. The van der Waals surface area contributed by atoms with Crippen molar-refractivity contribution in [1.29, 1.82) is 0 Å². The summed E-state index contributed by atoms with van der Waals surface area (Å²) in [4.78, 5) is 22.8. The van der Waals surface area contributed by atoms with Gasteiger partial charge in [-0.1, -0.05) is 31.3 Å². The molecule has 1 aromatic heterocycles. The van der Waals surface area contributed by atoms with Crippen LogP contribution in [0.1, 0.15) is 49.2 Å². The van der Waals surface area contributed by atoms with Crippen molar-refractivity contribution in [2.75, 3.05) is 44.3 Å². The molecule has 2 aromatic carbocycles. The van der Waals surface area contributed by atoms with Gasteiger partial charge in [-0.05, 0) is 76.2 Å². The second-order valence-electron chi connectivity index (χ2n) is 7.94. The van der Waals surface area contributed by atoms with Crippen LogP contribution in [0.3, 0.4) is 0 Å². The third kappa shape index (κ3) is 5.84. The van der Waals surface area contributed by atoms with Gasteiger partial charge in [-0.3, -0.25) is 9.69 Å². The third-order valence-corrected chi connectivity index (χ3v) is 6.64. The molecule has 0 fully saturated rings. The second-order valence-corrected chi connectivity index (χ2v) is 8.95. The first kappa shape index (κ1) is 25.0. The molecule has 0 spiro atoms. The van der Waals surface area contributed by atoms with Crippen molar-refractivity contribution < 1.29 is 14.3 Å². The fourth-order valence-electron chi connectivity index (χ4n) is 3.88. The normalized spacial score (nSPS) is 11.2. The van der Waals surface area contributed by atoms with Gasteiger partial charge in [0.1, 0.15) is 0 Å². The Labute approximate surface area is 201 Å². The molecule has 0 atom stereocenters. The van der Waals surface area contributed by atoms with Gasteiger partial charge in [-0.15, -0.1) is 0 Å². The number of carbonyl (C=O) groups is 1. The predicted molar refractivity (Wildman–Crippen MR) is 137 cm³/mol. The molecule has 0 unspecified atom stereocenters. The number of aromatic nitrogens is 1. The molecule has 0 bridgehead atoms. The molecular weight excluding hydrogens is 434 g/mol. The van der Waals surface area contributed by atoms with Gasteiger partial charge >= 0.3 is 0 Å². The summed E-state index contributed by atoms with van der Waals surface area (Å²) in [7, 11) is 0. The Morgan fingerprint density at radius 1 is 0.939 bits per heavy atom. The summed E-state index contributed by atoms with van der Waals surface area (Å²) in [6.07, 6.45) is 0. The molecule has 0 aliphatic rings. The van der Waals surface area contributed by atoms with Crippen molar-refractivity contribution in [3.05, 3.63) is 47.0 Å². The van der Waals surface area contributed by atoms with E-state index < -0.39 is 0 Å². The number of fused-ring (bicyclic) bond motifs is 1. The fourth-order valence-corrected chi connectivity index (χ4v) is 5.05. The van der Waals surface area contributed by atoms with Crippen LogP contribution in [0.2, 0.25) is 0 Å².